The van der Waals surface area contributed by atoms with Gasteiger partial charge < -0.3 is 15.0 Å². The number of nitrogens with zero attached hydrogens (tertiary/aromatic N) is 5. The highest BCUT2D eigenvalue weighted by atomic mass is 32.1. The van der Waals surface area contributed by atoms with Crippen molar-refractivity contribution in [3.05, 3.63) is 77.6 Å². The van der Waals surface area contributed by atoms with E-state index in [-0.39, 0.29) is 18.2 Å². The number of benzene rings is 2. The molecule has 5 heterocycles. The molecule has 206 valence electrons. The highest BCUT2D eigenvalue weighted by molar-refractivity contribution is 7.19. The second-order valence-electron chi connectivity index (χ2n) is 10.4. The van der Waals surface area contributed by atoms with Crippen LogP contribution in [-0.2, 0) is 11.3 Å². The van der Waals surface area contributed by atoms with E-state index in [9.17, 15) is 4.79 Å². The summed E-state index contributed by atoms with van der Waals surface area (Å²) in [6, 6.07) is 18.6. The summed E-state index contributed by atoms with van der Waals surface area (Å²) in [5.74, 6) is 7.34. The Kier molecular flexibility index (Phi) is 6.96. The molecule has 2 aliphatic heterocycles. The quantitative estimate of drug-likeness (QED) is 0.286. The second kappa shape index (κ2) is 11.2. The minimum absolute atomic E-state index is 0.0187. The van der Waals surface area contributed by atoms with Crippen molar-refractivity contribution in [2.45, 2.75) is 38.0 Å². The van der Waals surface area contributed by atoms with Gasteiger partial charge >= 0.3 is 6.09 Å². The molecule has 10 heteroatoms. The number of thiophene rings is 1. The first-order valence-corrected chi connectivity index (χ1v) is 14.7. The summed E-state index contributed by atoms with van der Waals surface area (Å²) in [5, 5.41) is 13.4. The maximum absolute atomic E-state index is 12.3. The molecule has 2 saturated heterocycles. The van der Waals surface area contributed by atoms with Gasteiger partial charge in [0.05, 0.1) is 34.6 Å². The number of likely N-dealkylation sites (tertiary alicyclic amines) is 1. The molecule has 2 atom stereocenters. The molecule has 2 unspecified atom stereocenters. The summed E-state index contributed by atoms with van der Waals surface area (Å²) in [6.07, 6.45) is 5.92. The standard InChI is InChI=1S/C31H29N7O2S/c39-31(37-12-4-5-13-37)40-25-15-23(32-18-25)8-10-26-16-27-29(33-20-34-30(27)41-26)36-24-9-11-28-22(14-24)17-35-38(28)19-21-6-2-1-3-7-21/h1-3,6-7,9,11,14,16-17,20,23,25,32H,4-5,12-13,15,18-19H2,(H,33,34,36). The van der Waals surface area contributed by atoms with Gasteiger partial charge in [-0.1, -0.05) is 42.2 Å². The molecule has 7 rings (SSSR count). The van der Waals surface area contributed by atoms with Crippen molar-refractivity contribution >= 4 is 50.1 Å². The molecule has 1 amide bonds. The second-order valence-corrected chi connectivity index (χ2v) is 11.4. The number of nitrogens with one attached hydrogen (secondary N) is 2. The third-order valence-corrected chi connectivity index (χ3v) is 8.46. The van der Waals surface area contributed by atoms with Crippen molar-refractivity contribution in [2.24, 2.45) is 0 Å². The van der Waals surface area contributed by atoms with Crippen LogP contribution in [0.2, 0.25) is 0 Å². The summed E-state index contributed by atoms with van der Waals surface area (Å²) in [6.45, 7) is 2.94. The molecule has 0 aliphatic carbocycles. The zero-order valence-corrected chi connectivity index (χ0v) is 23.2. The lowest BCUT2D eigenvalue weighted by molar-refractivity contribution is 0.0763. The Balaban J connectivity index is 1.03. The summed E-state index contributed by atoms with van der Waals surface area (Å²) in [5.41, 5.74) is 3.22. The van der Waals surface area contributed by atoms with Gasteiger partial charge in [-0.05, 0) is 42.7 Å². The SMILES string of the molecule is O=C(OC1CNC(C#Cc2cc3c(Nc4ccc5c(cnn5Cc5ccccc5)c4)ncnc3s2)C1)N1CCCC1. The first-order valence-electron chi connectivity index (χ1n) is 13.9. The van der Waals surface area contributed by atoms with Crippen molar-refractivity contribution in [1.82, 2.24) is 30.0 Å². The van der Waals surface area contributed by atoms with Gasteiger partial charge in [-0.15, -0.1) is 11.3 Å². The van der Waals surface area contributed by atoms with Crippen LogP contribution in [0.25, 0.3) is 21.1 Å². The van der Waals surface area contributed by atoms with Crippen molar-refractivity contribution in [3.63, 3.8) is 0 Å². The summed E-state index contributed by atoms with van der Waals surface area (Å²) >= 11 is 1.54. The lowest BCUT2D eigenvalue weighted by Crippen LogP contribution is -2.32. The lowest BCUT2D eigenvalue weighted by Gasteiger charge is -2.18. The average molecular weight is 564 g/mol. The number of rotatable bonds is 5. The third-order valence-electron chi connectivity index (χ3n) is 7.50. The molecule has 2 aromatic carbocycles. The van der Waals surface area contributed by atoms with Crippen LogP contribution in [-0.4, -0.2) is 62.5 Å². The van der Waals surface area contributed by atoms with Crippen LogP contribution in [0.1, 0.15) is 29.7 Å². The Labute approximate surface area is 241 Å². The number of hydrogen-bond acceptors (Lipinski definition) is 8. The first-order chi connectivity index (χ1) is 20.2. The monoisotopic (exact) mass is 563 g/mol. The van der Waals surface area contributed by atoms with Crippen LogP contribution < -0.4 is 10.6 Å². The number of aromatic nitrogens is 4. The zero-order chi connectivity index (χ0) is 27.6. The number of anilines is 2. The Hall–Kier alpha value is -4.46. The van der Waals surface area contributed by atoms with Gasteiger partial charge in [-0.25, -0.2) is 14.8 Å². The molecule has 0 radical (unpaired) electrons. The van der Waals surface area contributed by atoms with Crippen LogP contribution in [0, 0.1) is 11.8 Å². The molecule has 3 aromatic heterocycles. The number of ether oxygens (including phenoxy) is 1. The van der Waals surface area contributed by atoms with E-state index in [1.165, 1.54) is 5.56 Å². The minimum Gasteiger partial charge on any atom is -0.445 e. The van der Waals surface area contributed by atoms with E-state index in [1.54, 1.807) is 22.6 Å². The van der Waals surface area contributed by atoms with E-state index in [1.807, 2.05) is 41.2 Å². The van der Waals surface area contributed by atoms with Gasteiger partial charge in [0.2, 0.25) is 0 Å². The molecule has 9 nitrogen and oxygen atoms in total. The molecule has 5 aromatic rings. The smallest absolute Gasteiger partial charge is 0.410 e. The van der Waals surface area contributed by atoms with E-state index < -0.39 is 0 Å². The van der Waals surface area contributed by atoms with Crippen LogP contribution in [0.5, 0.6) is 0 Å². The summed E-state index contributed by atoms with van der Waals surface area (Å²) in [7, 11) is 0. The van der Waals surface area contributed by atoms with Crippen LogP contribution >= 0.6 is 11.3 Å². The number of fused-ring (bicyclic) bond motifs is 2. The van der Waals surface area contributed by atoms with Gasteiger partial charge in [0, 0.05) is 37.1 Å². The van der Waals surface area contributed by atoms with Gasteiger partial charge in [-0.3, -0.25) is 10.00 Å². The molecule has 0 bridgehead atoms. The molecule has 2 N–H and O–H groups in total. The van der Waals surface area contributed by atoms with Crippen LogP contribution in [0.15, 0.2) is 67.1 Å². The van der Waals surface area contributed by atoms with Crippen molar-refractivity contribution < 1.29 is 9.53 Å². The van der Waals surface area contributed by atoms with E-state index in [0.29, 0.717) is 13.0 Å². The number of carbonyl (C=O) groups is 1. The lowest BCUT2D eigenvalue weighted by atomic mass is 10.2. The number of hydrogen-bond donors (Lipinski definition) is 2. The Morgan fingerprint density at radius 1 is 1.12 bits per heavy atom. The molecule has 0 spiro atoms. The van der Waals surface area contributed by atoms with E-state index in [0.717, 1.165) is 70.0 Å². The predicted octanol–water partition coefficient (Wildman–Crippen LogP) is 5.15. The van der Waals surface area contributed by atoms with Crippen molar-refractivity contribution in [2.75, 3.05) is 25.0 Å². The number of amides is 1. The normalized spacial score (nSPS) is 18.5. The summed E-state index contributed by atoms with van der Waals surface area (Å²) < 4.78 is 7.69. The zero-order valence-electron chi connectivity index (χ0n) is 22.4. The van der Waals surface area contributed by atoms with Gasteiger partial charge in [0.25, 0.3) is 0 Å². The van der Waals surface area contributed by atoms with Gasteiger partial charge in [0.15, 0.2) is 0 Å². The molecule has 41 heavy (non-hydrogen) atoms. The van der Waals surface area contributed by atoms with E-state index in [4.69, 9.17) is 4.74 Å². The maximum Gasteiger partial charge on any atom is 0.410 e. The Morgan fingerprint density at radius 3 is 2.88 bits per heavy atom. The predicted molar refractivity (Wildman–Crippen MR) is 160 cm³/mol. The Bertz CT molecular complexity index is 1770. The van der Waals surface area contributed by atoms with E-state index >= 15 is 0 Å². The topological polar surface area (TPSA) is 97.2 Å². The maximum atomic E-state index is 12.3. The fraction of sp³-hybridized carbons (Fsp3) is 0.290. The fourth-order valence-electron chi connectivity index (χ4n) is 5.38. The molecule has 2 aliphatic rings. The highest BCUT2D eigenvalue weighted by Crippen LogP contribution is 2.30. The number of carbonyl (C=O) groups excluding carboxylic acids is 1. The van der Waals surface area contributed by atoms with Crippen molar-refractivity contribution in [1.29, 1.82) is 0 Å². The third kappa shape index (κ3) is 5.59. The largest absolute Gasteiger partial charge is 0.445 e. The Morgan fingerprint density at radius 2 is 2.00 bits per heavy atom. The molecular weight excluding hydrogens is 534 g/mol. The fourth-order valence-corrected chi connectivity index (χ4v) is 6.24. The van der Waals surface area contributed by atoms with Gasteiger partial charge in [-0.2, -0.15) is 5.10 Å². The van der Waals surface area contributed by atoms with Gasteiger partial charge in [0.1, 0.15) is 23.1 Å². The van der Waals surface area contributed by atoms with E-state index in [2.05, 4.69) is 61.8 Å². The average Bonchev–Trinajstić information content (AvgIpc) is 3.80. The molecule has 0 saturated carbocycles. The molecule has 2 fully saturated rings. The van der Waals surface area contributed by atoms with Crippen LogP contribution in [0.4, 0.5) is 16.3 Å². The van der Waals surface area contributed by atoms with Crippen molar-refractivity contribution in [3.8, 4) is 11.8 Å². The van der Waals surface area contributed by atoms with Crippen LogP contribution in [0.3, 0.4) is 0 Å². The summed E-state index contributed by atoms with van der Waals surface area (Å²) in [4.78, 5) is 24.9. The first kappa shape index (κ1) is 25.5. The molecular formula is C31H29N7O2S. The minimum atomic E-state index is -0.203. The highest BCUT2D eigenvalue weighted by Gasteiger charge is 2.28.